The zero-order valence-electron chi connectivity index (χ0n) is 16.3. The first kappa shape index (κ1) is 21.1. The number of methoxy groups -OCH3 is 1. The molecule has 0 spiro atoms. The van der Waals surface area contributed by atoms with Crippen LogP contribution in [0, 0.1) is 0 Å². The molecule has 2 aromatic carbocycles. The predicted molar refractivity (Wildman–Crippen MR) is 105 cm³/mol. The number of para-hydroxylation sites is 2. The van der Waals surface area contributed by atoms with E-state index in [4.69, 9.17) is 18.9 Å². The van der Waals surface area contributed by atoms with Crippen LogP contribution in [0.1, 0.15) is 30.6 Å². The highest BCUT2D eigenvalue weighted by atomic mass is 16.5. The van der Waals surface area contributed by atoms with Crippen molar-refractivity contribution >= 4 is 17.6 Å². The SMILES string of the molecule is CCCOc1ccc(C(=O)OCC(=O)Nc2ccccc2OCC)cc1OC. The first-order chi connectivity index (χ1) is 13.6. The maximum absolute atomic E-state index is 12.2. The molecule has 1 N–H and O–H groups in total. The predicted octanol–water partition coefficient (Wildman–Crippen LogP) is 3.68. The Morgan fingerprint density at radius 1 is 0.964 bits per heavy atom. The lowest BCUT2D eigenvalue weighted by Crippen LogP contribution is -2.21. The first-order valence-corrected chi connectivity index (χ1v) is 9.08. The molecule has 0 aliphatic rings. The van der Waals surface area contributed by atoms with E-state index in [0.717, 1.165) is 6.42 Å². The lowest BCUT2D eigenvalue weighted by Gasteiger charge is -2.12. The summed E-state index contributed by atoms with van der Waals surface area (Å²) in [5, 5.41) is 2.67. The second-order valence-electron chi connectivity index (χ2n) is 5.77. The maximum Gasteiger partial charge on any atom is 0.338 e. The number of esters is 1. The second-order valence-corrected chi connectivity index (χ2v) is 5.77. The second kappa shape index (κ2) is 10.8. The van der Waals surface area contributed by atoms with Gasteiger partial charge in [0.2, 0.25) is 0 Å². The molecule has 0 saturated heterocycles. The van der Waals surface area contributed by atoms with Gasteiger partial charge in [-0.1, -0.05) is 19.1 Å². The van der Waals surface area contributed by atoms with Gasteiger partial charge in [0.05, 0.1) is 31.6 Å². The molecule has 0 atom stereocenters. The van der Waals surface area contributed by atoms with E-state index in [1.165, 1.54) is 13.2 Å². The van der Waals surface area contributed by atoms with Gasteiger partial charge >= 0.3 is 5.97 Å². The summed E-state index contributed by atoms with van der Waals surface area (Å²) in [7, 11) is 1.49. The first-order valence-electron chi connectivity index (χ1n) is 9.08. The van der Waals surface area contributed by atoms with Crippen molar-refractivity contribution in [2.45, 2.75) is 20.3 Å². The molecule has 7 nitrogen and oxygen atoms in total. The molecule has 0 aliphatic heterocycles. The Morgan fingerprint density at radius 3 is 2.46 bits per heavy atom. The van der Waals surface area contributed by atoms with Crippen molar-refractivity contribution in [3.63, 3.8) is 0 Å². The van der Waals surface area contributed by atoms with Crippen LogP contribution in [-0.2, 0) is 9.53 Å². The van der Waals surface area contributed by atoms with Gasteiger partial charge in [0.15, 0.2) is 18.1 Å². The summed E-state index contributed by atoms with van der Waals surface area (Å²) in [5.74, 6) is 0.435. The summed E-state index contributed by atoms with van der Waals surface area (Å²) in [4.78, 5) is 24.4. The van der Waals surface area contributed by atoms with Crippen LogP contribution in [0.15, 0.2) is 42.5 Å². The molecular weight excluding hydrogens is 362 g/mol. The van der Waals surface area contributed by atoms with E-state index in [1.54, 1.807) is 30.3 Å². The van der Waals surface area contributed by atoms with Gasteiger partial charge < -0.3 is 24.3 Å². The molecule has 150 valence electrons. The van der Waals surface area contributed by atoms with E-state index < -0.39 is 18.5 Å². The average Bonchev–Trinajstić information content (AvgIpc) is 2.72. The number of hydrogen-bond acceptors (Lipinski definition) is 6. The summed E-state index contributed by atoms with van der Waals surface area (Å²) in [6, 6.07) is 11.8. The quantitative estimate of drug-likeness (QED) is 0.626. The Labute approximate surface area is 164 Å². The molecule has 0 saturated carbocycles. The molecule has 0 aliphatic carbocycles. The van der Waals surface area contributed by atoms with Crippen molar-refractivity contribution in [2.24, 2.45) is 0 Å². The van der Waals surface area contributed by atoms with E-state index in [-0.39, 0.29) is 5.56 Å². The third-order valence-corrected chi connectivity index (χ3v) is 3.66. The Bertz CT molecular complexity index is 805. The lowest BCUT2D eigenvalue weighted by atomic mass is 10.2. The Kier molecular flexibility index (Phi) is 8.14. The van der Waals surface area contributed by atoms with Crippen LogP contribution in [0.4, 0.5) is 5.69 Å². The fraction of sp³-hybridized carbons (Fsp3) is 0.333. The fourth-order valence-electron chi connectivity index (χ4n) is 2.38. The van der Waals surface area contributed by atoms with Crippen molar-refractivity contribution in [2.75, 3.05) is 32.2 Å². The van der Waals surface area contributed by atoms with Gasteiger partial charge in [-0.15, -0.1) is 0 Å². The molecule has 0 aromatic heterocycles. The number of amides is 1. The van der Waals surface area contributed by atoms with Gasteiger partial charge in [0.25, 0.3) is 5.91 Å². The van der Waals surface area contributed by atoms with E-state index in [1.807, 2.05) is 19.9 Å². The van der Waals surface area contributed by atoms with Crippen LogP contribution in [-0.4, -0.2) is 38.8 Å². The average molecular weight is 387 g/mol. The van der Waals surface area contributed by atoms with Crippen molar-refractivity contribution < 1.29 is 28.5 Å². The molecular formula is C21H25NO6. The van der Waals surface area contributed by atoms with Crippen LogP contribution in [0.25, 0.3) is 0 Å². The number of benzene rings is 2. The number of carbonyl (C=O) groups is 2. The zero-order chi connectivity index (χ0) is 20.4. The Morgan fingerprint density at radius 2 is 1.75 bits per heavy atom. The molecule has 0 bridgehead atoms. The molecule has 1 amide bonds. The van der Waals surface area contributed by atoms with E-state index >= 15 is 0 Å². The van der Waals surface area contributed by atoms with Gasteiger partial charge in [-0.25, -0.2) is 4.79 Å². The number of nitrogens with one attached hydrogen (secondary N) is 1. The molecule has 0 heterocycles. The van der Waals surface area contributed by atoms with Crippen LogP contribution in [0.2, 0.25) is 0 Å². The topological polar surface area (TPSA) is 83.1 Å². The summed E-state index contributed by atoms with van der Waals surface area (Å²) < 4.78 is 21.3. The highest BCUT2D eigenvalue weighted by Crippen LogP contribution is 2.28. The molecule has 28 heavy (non-hydrogen) atoms. The number of hydrogen-bond donors (Lipinski definition) is 1. The zero-order valence-corrected chi connectivity index (χ0v) is 16.3. The molecule has 2 aromatic rings. The summed E-state index contributed by atoms with van der Waals surface area (Å²) in [6.45, 7) is 4.45. The normalized spacial score (nSPS) is 10.1. The van der Waals surface area contributed by atoms with Crippen LogP contribution >= 0.6 is 0 Å². The molecule has 2 rings (SSSR count). The smallest absolute Gasteiger partial charge is 0.338 e. The summed E-state index contributed by atoms with van der Waals surface area (Å²) >= 11 is 0. The van der Waals surface area contributed by atoms with Gasteiger partial charge in [-0.2, -0.15) is 0 Å². The van der Waals surface area contributed by atoms with Gasteiger partial charge in [0.1, 0.15) is 5.75 Å². The van der Waals surface area contributed by atoms with E-state index in [2.05, 4.69) is 5.32 Å². The standard InChI is InChI=1S/C21H25NO6/c1-4-12-27-18-11-10-15(13-19(18)25-3)21(24)28-14-20(23)22-16-8-6-7-9-17(16)26-5-2/h6-11,13H,4-5,12,14H2,1-3H3,(H,22,23). The van der Waals surface area contributed by atoms with Crippen molar-refractivity contribution in [1.29, 1.82) is 0 Å². The van der Waals surface area contributed by atoms with Gasteiger partial charge in [-0.3, -0.25) is 4.79 Å². The number of carbonyl (C=O) groups excluding carboxylic acids is 2. The minimum Gasteiger partial charge on any atom is -0.493 e. The Balaban J connectivity index is 1.95. The highest BCUT2D eigenvalue weighted by molar-refractivity contribution is 5.96. The minimum absolute atomic E-state index is 0.267. The van der Waals surface area contributed by atoms with Gasteiger partial charge in [0, 0.05) is 0 Å². The largest absolute Gasteiger partial charge is 0.493 e. The molecule has 0 radical (unpaired) electrons. The van der Waals surface area contributed by atoms with E-state index in [9.17, 15) is 9.59 Å². The number of rotatable bonds is 10. The van der Waals surface area contributed by atoms with Crippen LogP contribution < -0.4 is 19.5 Å². The number of anilines is 1. The van der Waals surface area contributed by atoms with Crippen LogP contribution in [0.5, 0.6) is 17.2 Å². The molecule has 0 fully saturated rings. The lowest BCUT2D eigenvalue weighted by molar-refractivity contribution is -0.119. The molecule has 0 unspecified atom stereocenters. The summed E-state index contributed by atoms with van der Waals surface area (Å²) in [6.07, 6.45) is 0.856. The molecule has 7 heteroatoms. The van der Waals surface area contributed by atoms with Crippen molar-refractivity contribution in [1.82, 2.24) is 0 Å². The summed E-state index contributed by atoms with van der Waals surface area (Å²) in [5.41, 5.74) is 0.785. The third-order valence-electron chi connectivity index (χ3n) is 3.66. The van der Waals surface area contributed by atoms with Crippen molar-refractivity contribution in [3.05, 3.63) is 48.0 Å². The third kappa shape index (κ3) is 5.90. The minimum atomic E-state index is -0.631. The van der Waals surface area contributed by atoms with Crippen LogP contribution in [0.3, 0.4) is 0 Å². The fourth-order valence-corrected chi connectivity index (χ4v) is 2.38. The number of ether oxygens (including phenoxy) is 4. The van der Waals surface area contributed by atoms with Crippen molar-refractivity contribution in [3.8, 4) is 17.2 Å². The van der Waals surface area contributed by atoms with E-state index in [0.29, 0.717) is 36.1 Å². The maximum atomic E-state index is 12.2. The Hall–Kier alpha value is -3.22. The monoisotopic (exact) mass is 387 g/mol. The highest BCUT2D eigenvalue weighted by Gasteiger charge is 2.15. The van der Waals surface area contributed by atoms with Gasteiger partial charge in [-0.05, 0) is 43.7 Å².